The fourth-order valence-electron chi connectivity index (χ4n) is 8.81. The van der Waals surface area contributed by atoms with Gasteiger partial charge in [0.1, 0.15) is 35.1 Å². The van der Waals surface area contributed by atoms with Gasteiger partial charge in [0.2, 0.25) is 0 Å². The number of benzene rings is 2. The molecule has 22 heteroatoms. The SMILES string of the molecule is COC(=O)C[C@H](CN(C)CCCCc1ccc2c(n1)N(C(=O)OC(C)(C)C)CCC2)c1cccc(-c2ccc(OCCOCCOCCOCCOCCn3cc(COCCOCCOCCOCCOCCC(=O)OC(C)(C)C)nn3)cc2)c1. The number of hydrogen-bond acceptors (Lipinski definition) is 20. The minimum absolute atomic E-state index is 0.0554. The van der Waals surface area contributed by atoms with Crippen molar-refractivity contribution in [2.24, 2.45) is 0 Å². The summed E-state index contributed by atoms with van der Waals surface area (Å²) < 4.78 is 73.9. The maximum Gasteiger partial charge on any atom is 0.416 e. The number of pyridine rings is 1. The van der Waals surface area contributed by atoms with Crippen molar-refractivity contribution in [2.45, 2.75) is 117 Å². The van der Waals surface area contributed by atoms with E-state index in [1.165, 1.54) is 7.11 Å². The van der Waals surface area contributed by atoms with Crippen molar-refractivity contribution in [3.8, 4) is 16.9 Å². The van der Waals surface area contributed by atoms with Crippen LogP contribution in [0.1, 0.15) is 102 Å². The third kappa shape index (κ3) is 30.5. The second-order valence-corrected chi connectivity index (χ2v) is 22.5. The topological polar surface area (TPSA) is 221 Å². The van der Waals surface area contributed by atoms with Crippen LogP contribution in [0.3, 0.4) is 0 Å². The number of ether oxygens (including phenoxy) is 13. The molecule has 0 aliphatic carbocycles. The maximum absolute atomic E-state index is 13.0. The Morgan fingerprint density at radius 1 is 0.624 bits per heavy atom. The molecule has 2 aromatic heterocycles. The Morgan fingerprint density at radius 2 is 1.21 bits per heavy atom. The predicted octanol–water partition coefficient (Wildman–Crippen LogP) is 8.09. The number of hydrogen-bond donors (Lipinski definition) is 0. The molecule has 0 saturated heterocycles. The second-order valence-electron chi connectivity index (χ2n) is 22.5. The van der Waals surface area contributed by atoms with Gasteiger partial charge in [0, 0.05) is 24.7 Å². The summed E-state index contributed by atoms with van der Waals surface area (Å²) in [6, 6.07) is 20.5. The van der Waals surface area contributed by atoms with Gasteiger partial charge < -0.3 is 66.5 Å². The number of nitrogens with zero attached hydrogens (tertiary/aromatic N) is 6. The molecule has 1 aliphatic rings. The van der Waals surface area contributed by atoms with Crippen molar-refractivity contribution in [1.82, 2.24) is 24.9 Å². The number of aryl methyl sites for hydroxylation is 2. The van der Waals surface area contributed by atoms with E-state index in [0.717, 1.165) is 83.9 Å². The lowest BCUT2D eigenvalue weighted by Crippen LogP contribution is -2.40. The average Bonchev–Trinajstić information content (AvgIpc) is 3.66. The van der Waals surface area contributed by atoms with Gasteiger partial charge in [0.15, 0.2) is 0 Å². The smallest absolute Gasteiger partial charge is 0.416 e. The van der Waals surface area contributed by atoms with Crippen molar-refractivity contribution in [1.29, 1.82) is 0 Å². The fourth-order valence-corrected chi connectivity index (χ4v) is 8.81. The second kappa shape index (κ2) is 39.9. The monoisotopic (exact) mass is 1190 g/mol. The van der Waals surface area contributed by atoms with Crippen LogP contribution in [-0.2, 0) is 92.4 Å². The summed E-state index contributed by atoms with van der Waals surface area (Å²) in [4.78, 5) is 46.2. The van der Waals surface area contributed by atoms with E-state index in [2.05, 4.69) is 52.6 Å². The van der Waals surface area contributed by atoms with Gasteiger partial charge >= 0.3 is 18.0 Å². The van der Waals surface area contributed by atoms with Crippen LogP contribution < -0.4 is 9.64 Å². The number of amides is 1. The molecule has 85 heavy (non-hydrogen) atoms. The van der Waals surface area contributed by atoms with Crippen molar-refractivity contribution < 1.29 is 76.0 Å². The lowest BCUT2D eigenvalue weighted by molar-refractivity contribution is -0.156. The molecule has 0 fully saturated rings. The molecule has 0 spiro atoms. The molecule has 5 rings (SSSR count). The minimum Gasteiger partial charge on any atom is -0.491 e. The number of anilines is 1. The number of esters is 2. The van der Waals surface area contributed by atoms with E-state index in [1.807, 2.05) is 78.1 Å². The molecule has 22 nitrogen and oxygen atoms in total. The number of rotatable bonds is 44. The van der Waals surface area contributed by atoms with Crippen molar-refractivity contribution in [3.63, 3.8) is 0 Å². The van der Waals surface area contributed by atoms with Crippen LogP contribution in [0.5, 0.6) is 5.75 Å². The molecule has 474 valence electrons. The number of methoxy groups -OCH3 is 1. The molecule has 1 amide bonds. The first-order valence-corrected chi connectivity index (χ1v) is 29.9. The summed E-state index contributed by atoms with van der Waals surface area (Å²) in [5.74, 6) is 0.898. The van der Waals surface area contributed by atoms with E-state index in [-0.39, 0.29) is 36.8 Å². The van der Waals surface area contributed by atoms with Crippen molar-refractivity contribution in [2.75, 3.05) is 158 Å². The first-order valence-electron chi connectivity index (χ1n) is 29.9. The summed E-state index contributed by atoms with van der Waals surface area (Å²) in [5.41, 5.74) is 4.88. The number of carbonyl (C=O) groups excluding carboxylic acids is 3. The maximum atomic E-state index is 13.0. The van der Waals surface area contributed by atoms with Crippen LogP contribution >= 0.6 is 0 Å². The van der Waals surface area contributed by atoms with Gasteiger partial charge in [-0.2, -0.15) is 0 Å². The van der Waals surface area contributed by atoms with Gasteiger partial charge in [-0.05, 0) is 128 Å². The van der Waals surface area contributed by atoms with Gasteiger partial charge in [0.25, 0.3) is 0 Å². The summed E-state index contributed by atoms with van der Waals surface area (Å²) >= 11 is 0. The zero-order valence-corrected chi connectivity index (χ0v) is 51.9. The Labute approximate surface area is 503 Å². The third-order valence-electron chi connectivity index (χ3n) is 12.9. The van der Waals surface area contributed by atoms with Gasteiger partial charge in [-0.1, -0.05) is 47.7 Å². The highest BCUT2D eigenvalue weighted by atomic mass is 16.6. The number of carbonyl (C=O) groups is 3. The molecule has 4 aromatic rings. The molecule has 2 aromatic carbocycles. The molecule has 3 heterocycles. The Morgan fingerprint density at radius 3 is 1.82 bits per heavy atom. The van der Waals surface area contributed by atoms with Crippen LogP contribution in [-0.4, -0.2) is 207 Å². The van der Waals surface area contributed by atoms with Crippen molar-refractivity contribution in [3.05, 3.63) is 89.4 Å². The van der Waals surface area contributed by atoms with E-state index < -0.39 is 11.2 Å². The van der Waals surface area contributed by atoms with E-state index in [4.69, 9.17) is 66.6 Å². The van der Waals surface area contributed by atoms with Crippen LogP contribution in [0, 0.1) is 0 Å². The fraction of sp³-hybridized carbons (Fsp3) is 0.651. The highest BCUT2D eigenvalue weighted by Gasteiger charge is 2.29. The van der Waals surface area contributed by atoms with E-state index in [9.17, 15) is 14.4 Å². The third-order valence-corrected chi connectivity index (χ3v) is 12.9. The Kier molecular flexibility index (Phi) is 32.9. The Hall–Kier alpha value is -5.66. The Bertz CT molecular complexity index is 2480. The van der Waals surface area contributed by atoms with Crippen molar-refractivity contribution >= 4 is 23.8 Å². The van der Waals surface area contributed by atoms with Gasteiger partial charge in [-0.15, -0.1) is 5.10 Å². The predicted molar refractivity (Wildman–Crippen MR) is 320 cm³/mol. The summed E-state index contributed by atoms with van der Waals surface area (Å²) in [6.07, 6.45) is 6.46. The van der Waals surface area contributed by atoms with Gasteiger partial charge in [-0.25, -0.2) is 14.5 Å². The zero-order valence-electron chi connectivity index (χ0n) is 51.9. The van der Waals surface area contributed by atoms with Crippen LogP contribution in [0.4, 0.5) is 10.6 Å². The van der Waals surface area contributed by atoms with Crippen LogP contribution in [0.2, 0.25) is 0 Å². The molecule has 0 radical (unpaired) electrons. The molecule has 0 bridgehead atoms. The number of aromatic nitrogens is 4. The number of unbranched alkanes of at least 4 members (excludes halogenated alkanes) is 1. The number of fused-ring (bicyclic) bond motifs is 1. The summed E-state index contributed by atoms with van der Waals surface area (Å²) in [7, 11) is 3.53. The standard InChI is InChI=1S/C63H96N6O16/c1-62(2,3)84-58(70)23-27-74-29-31-76-33-35-78-37-38-80-41-42-82-49-56-48-68(66-65-56)26-28-75-30-32-77-34-36-79-39-40-81-43-44-83-57-21-18-50(19-22-57)52-13-11-14-53(45-52)54(46-59(71)73-8)47-67(7)24-10-9-16-55-20-17-51-15-12-25-69(60(51)64-55)61(72)85-63(4,5)6/h11,13-14,17-22,45,48,54H,9-10,12,15-16,23-44,46-47,49H2,1-8H3/t54-/m1/s1. The first-order chi connectivity index (χ1) is 41.0. The first kappa shape index (κ1) is 70.1. The minimum atomic E-state index is -0.574. The molecule has 0 saturated carbocycles. The van der Waals surface area contributed by atoms with Crippen LogP contribution in [0.25, 0.3) is 11.1 Å². The average molecular weight is 1190 g/mol. The highest BCUT2D eigenvalue weighted by molar-refractivity contribution is 5.88. The molecule has 1 aliphatic heterocycles. The van der Waals surface area contributed by atoms with Gasteiger partial charge in [0.05, 0.1) is 152 Å². The molecular weight excluding hydrogens is 1100 g/mol. The zero-order chi connectivity index (χ0) is 61.0. The lowest BCUT2D eigenvalue weighted by Gasteiger charge is -2.31. The van der Waals surface area contributed by atoms with E-state index >= 15 is 0 Å². The normalized spacial score (nSPS) is 13.0. The molecule has 0 unspecified atom stereocenters. The van der Waals surface area contributed by atoms with Crippen LogP contribution in [0.15, 0.2) is 66.9 Å². The van der Waals surface area contributed by atoms with E-state index in [0.29, 0.717) is 145 Å². The summed E-state index contributed by atoms with van der Waals surface area (Å²) in [6.45, 7) is 22.0. The molecule has 1 atom stereocenters. The molecular formula is C63H96N6O16. The summed E-state index contributed by atoms with van der Waals surface area (Å²) in [5, 5.41) is 8.28. The number of likely N-dealkylation sites (N-methyl/N-ethyl adjacent to an activating group) is 1. The lowest BCUT2D eigenvalue weighted by atomic mass is 9.92. The largest absolute Gasteiger partial charge is 0.491 e. The van der Waals surface area contributed by atoms with Gasteiger partial charge in [-0.3, -0.25) is 14.5 Å². The Balaban J connectivity index is 0.825. The highest BCUT2D eigenvalue weighted by Crippen LogP contribution is 2.30. The van der Waals surface area contributed by atoms with E-state index in [1.54, 1.807) is 9.58 Å². The quantitative estimate of drug-likeness (QED) is 0.0232. The molecule has 0 N–H and O–H groups in total.